The lowest BCUT2D eigenvalue weighted by atomic mass is 10.0. The number of carbonyl (C=O) groups excluding carboxylic acids is 1. The van der Waals surface area contributed by atoms with Crippen molar-refractivity contribution in [3.05, 3.63) is 35.6 Å². The van der Waals surface area contributed by atoms with Gasteiger partial charge < -0.3 is 14.8 Å². The van der Waals surface area contributed by atoms with Gasteiger partial charge in [0.05, 0.1) is 6.10 Å². The van der Waals surface area contributed by atoms with Crippen molar-refractivity contribution < 1.29 is 14.3 Å². The Balaban J connectivity index is 2.03. The summed E-state index contributed by atoms with van der Waals surface area (Å²) < 4.78 is 5.59. The number of hydrogen-bond donors (Lipinski definition) is 2. The van der Waals surface area contributed by atoms with E-state index in [-0.39, 0.29) is 11.8 Å². The summed E-state index contributed by atoms with van der Waals surface area (Å²) in [4.78, 5) is 12.1. The normalized spacial score (nSPS) is 12.8. The van der Waals surface area contributed by atoms with E-state index < -0.39 is 6.10 Å². The topological polar surface area (TPSA) is 62.5 Å². The highest BCUT2D eigenvalue weighted by molar-refractivity contribution is 5.98. The summed E-state index contributed by atoms with van der Waals surface area (Å²) in [6, 6.07) is 7.59. The van der Waals surface area contributed by atoms with E-state index in [1.807, 2.05) is 45.0 Å². The minimum absolute atomic E-state index is 0.194. The number of carbonyl (C=O) groups is 1. The maximum atomic E-state index is 12.1. The summed E-state index contributed by atoms with van der Waals surface area (Å²) in [5.74, 6) is 0.319. The second-order valence-electron chi connectivity index (χ2n) is 5.41. The molecule has 0 bridgehead atoms. The zero-order chi connectivity index (χ0) is 14.7. The number of hydrogen-bond acceptors (Lipinski definition) is 3. The maximum Gasteiger partial charge on any atom is 0.287 e. The van der Waals surface area contributed by atoms with Crippen molar-refractivity contribution in [2.45, 2.75) is 33.3 Å². The quantitative estimate of drug-likeness (QED) is 0.882. The fourth-order valence-electron chi connectivity index (χ4n) is 2.14. The molecule has 2 N–H and O–H groups in total. The van der Waals surface area contributed by atoms with Gasteiger partial charge in [0, 0.05) is 17.5 Å². The van der Waals surface area contributed by atoms with Crippen LogP contribution in [0.25, 0.3) is 11.0 Å². The lowest BCUT2D eigenvalue weighted by Crippen LogP contribution is -2.28. The molecule has 0 aliphatic heterocycles. The predicted molar refractivity (Wildman–Crippen MR) is 78.7 cm³/mol. The van der Waals surface area contributed by atoms with Crippen molar-refractivity contribution in [2.24, 2.45) is 5.92 Å². The Hall–Kier alpha value is -1.81. The van der Waals surface area contributed by atoms with Crippen LogP contribution in [0.3, 0.4) is 0 Å². The molecule has 1 amide bonds. The lowest BCUT2D eigenvalue weighted by Gasteiger charge is -2.14. The first kappa shape index (κ1) is 14.6. The molecule has 1 aromatic carbocycles. The summed E-state index contributed by atoms with van der Waals surface area (Å²) in [6.45, 7) is 6.23. The Morgan fingerprint density at radius 1 is 1.35 bits per heavy atom. The molecule has 4 nitrogen and oxygen atoms in total. The molecule has 0 saturated carbocycles. The fraction of sp³-hybridized carbons (Fsp3) is 0.438. The summed E-state index contributed by atoms with van der Waals surface area (Å²) in [6.07, 6.45) is 0.148. The average Bonchev–Trinajstić information content (AvgIpc) is 2.76. The van der Waals surface area contributed by atoms with Crippen LogP contribution in [0.5, 0.6) is 0 Å². The number of aliphatic hydroxyl groups is 1. The van der Waals surface area contributed by atoms with E-state index in [9.17, 15) is 9.90 Å². The molecule has 4 heteroatoms. The standard InChI is InChI=1S/C16H21NO3/c1-10(2)13(18)8-9-17-16(19)15-11(3)12-6-4-5-7-14(12)20-15/h4-7,10,13,18H,8-9H2,1-3H3,(H,17,19). The molecule has 1 atom stereocenters. The van der Waals surface area contributed by atoms with E-state index in [2.05, 4.69) is 5.32 Å². The molecule has 1 unspecified atom stereocenters. The molecule has 1 heterocycles. The van der Waals surface area contributed by atoms with Crippen LogP contribution >= 0.6 is 0 Å². The number of para-hydroxylation sites is 1. The van der Waals surface area contributed by atoms with E-state index >= 15 is 0 Å². The Morgan fingerprint density at radius 2 is 2.05 bits per heavy atom. The van der Waals surface area contributed by atoms with E-state index in [4.69, 9.17) is 4.42 Å². The monoisotopic (exact) mass is 275 g/mol. The van der Waals surface area contributed by atoms with Gasteiger partial charge in [-0.1, -0.05) is 32.0 Å². The minimum Gasteiger partial charge on any atom is -0.451 e. The Kier molecular flexibility index (Phi) is 4.45. The smallest absolute Gasteiger partial charge is 0.287 e. The first-order valence-electron chi connectivity index (χ1n) is 6.95. The third kappa shape index (κ3) is 3.02. The van der Waals surface area contributed by atoms with Gasteiger partial charge in [-0.2, -0.15) is 0 Å². The second-order valence-corrected chi connectivity index (χ2v) is 5.41. The highest BCUT2D eigenvalue weighted by Gasteiger charge is 2.17. The van der Waals surface area contributed by atoms with Gasteiger partial charge in [0.25, 0.3) is 5.91 Å². The SMILES string of the molecule is Cc1c(C(=O)NCCC(O)C(C)C)oc2ccccc12. The van der Waals surface area contributed by atoms with E-state index in [0.717, 1.165) is 16.5 Å². The largest absolute Gasteiger partial charge is 0.451 e. The third-order valence-corrected chi connectivity index (χ3v) is 3.55. The molecule has 0 radical (unpaired) electrons. The molecule has 0 saturated heterocycles. The van der Waals surface area contributed by atoms with Crippen LogP contribution in [0.4, 0.5) is 0 Å². The number of fused-ring (bicyclic) bond motifs is 1. The highest BCUT2D eigenvalue weighted by atomic mass is 16.3. The van der Waals surface area contributed by atoms with Crippen molar-refractivity contribution in [2.75, 3.05) is 6.54 Å². The molecule has 1 aromatic heterocycles. The fourth-order valence-corrected chi connectivity index (χ4v) is 2.14. The number of rotatable bonds is 5. The Morgan fingerprint density at radius 3 is 2.70 bits per heavy atom. The minimum atomic E-state index is -0.396. The van der Waals surface area contributed by atoms with Gasteiger partial charge in [-0.3, -0.25) is 4.79 Å². The first-order valence-corrected chi connectivity index (χ1v) is 6.95. The van der Waals surface area contributed by atoms with Gasteiger partial charge in [-0.15, -0.1) is 0 Å². The lowest BCUT2D eigenvalue weighted by molar-refractivity contribution is 0.0896. The Labute approximate surface area is 118 Å². The molecule has 0 spiro atoms. The van der Waals surface area contributed by atoms with Crippen LogP contribution < -0.4 is 5.32 Å². The predicted octanol–water partition coefficient (Wildman–Crippen LogP) is 2.88. The molecular formula is C16H21NO3. The molecule has 0 fully saturated rings. The van der Waals surface area contributed by atoms with Crippen LogP contribution in [-0.2, 0) is 0 Å². The summed E-state index contributed by atoms with van der Waals surface area (Å²) >= 11 is 0. The zero-order valence-corrected chi connectivity index (χ0v) is 12.1. The number of aliphatic hydroxyl groups excluding tert-OH is 1. The van der Waals surface area contributed by atoms with Crippen LogP contribution in [0, 0.1) is 12.8 Å². The van der Waals surface area contributed by atoms with Crippen LogP contribution in [0.1, 0.15) is 36.4 Å². The number of amides is 1. The highest BCUT2D eigenvalue weighted by Crippen LogP contribution is 2.24. The van der Waals surface area contributed by atoms with Crippen molar-refractivity contribution in [1.82, 2.24) is 5.32 Å². The third-order valence-electron chi connectivity index (χ3n) is 3.55. The molecule has 2 aromatic rings. The summed E-state index contributed by atoms with van der Waals surface area (Å²) in [5.41, 5.74) is 1.57. The first-order chi connectivity index (χ1) is 9.50. The van der Waals surface area contributed by atoms with Crippen molar-refractivity contribution in [3.8, 4) is 0 Å². The van der Waals surface area contributed by atoms with Crippen LogP contribution in [0.15, 0.2) is 28.7 Å². The van der Waals surface area contributed by atoms with Crippen molar-refractivity contribution in [1.29, 1.82) is 0 Å². The van der Waals surface area contributed by atoms with Gasteiger partial charge in [0.15, 0.2) is 5.76 Å². The van der Waals surface area contributed by atoms with Gasteiger partial charge in [-0.25, -0.2) is 0 Å². The van der Waals surface area contributed by atoms with Gasteiger partial charge in [0.1, 0.15) is 5.58 Å². The van der Waals surface area contributed by atoms with Gasteiger partial charge in [-0.05, 0) is 25.3 Å². The zero-order valence-electron chi connectivity index (χ0n) is 12.1. The van der Waals surface area contributed by atoms with E-state index in [0.29, 0.717) is 18.7 Å². The summed E-state index contributed by atoms with van der Waals surface area (Å²) in [5, 5.41) is 13.5. The van der Waals surface area contributed by atoms with E-state index in [1.165, 1.54) is 0 Å². The molecule has 0 aliphatic carbocycles. The average molecular weight is 275 g/mol. The Bertz CT molecular complexity index is 601. The van der Waals surface area contributed by atoms with Crippen molar-refractivity contribution >= 4 is 16.9 Å². The van der Waals surface area contributed by atoms with Crippen molar-refractivity contribution in [3.63, 3.8) is 0 Å². The van der Waals surface area contributed by atoms with Gasteiger partial charge in [0.2, 0.25) is 0 Å². The number of aryl methyl sites for hydroxylation is 1. The molecule has 108 valence electrons. The maximum absolute atomic E-state index is 12.1. The van der Waals surface area contributed by atoms with Gasteiger partial charge >= 0.3 is 0 Å². The number of nitrogens with one attached hydrogen (secondary N) is 1. The van der Waals surface area contributed by atoms with Crippen LogP contribution in [0.2, 0.25) is 0 Å². The number of benzene rings is 1. The molecule has 0 aliphatic rings. The number of furan rings is 1. The molecular weight excluding hydrogens is 254 g/mol. The molecule has 20 heavy (non-hydrogen) atoms. The summed E-state index contributed by atoms with van der Waals surface area (Å²) in [7, 11) is 0. The second kappa shape index (κ2) is 6.09. The van der Waals surface area contributed by atoms with Crippen LogP contribution in [-0.4, -0.2) is 23.7 Å². The molecule has 2 rings (SSSR count). The van der Waals surface area contributed by atoms with E-state index in [1.54, 1.807) is 0 Å².